The molecule has 1 aromatic carbocycles. The molecule has 2 rings (SSSR count). The van der Waals surface area contributed by atoms with Crippen molar-refractivity contribution in [3.8, 4) is 0 Å². The standard InChI is InChI=1S/C23H34F2O/c1-2-3-4-5-6-7-8-17-26-22-15-13-21(14-16-22)20-11-9-19(10-12-20)18-23(24)25/h9-12,18,21-22H,2-8,13-17H2,1H3/t21-,22-. The largest absolute Gasteiger partial charge is 0.378 e. The van der Waals surface area contributed by atoms with E-state index in [9.17, 15) is 8.78 Å². The molecule has 0 saturated heterocycles. The van der Waals surface area contributed by atoms with Crippen LogP contribution in [0, 0.1) is 0 Å². The summed E-state index contributed by atoms with van der Waals surface area (Å²) < 4.78 is 30.6. The lowest BCUT2D eigenvalue weighted by atomic mass is 9.82. The third kappa shape index (κ3) is 7.99. The molecule has 146 valence electrons. The molecular formula is C23H34F2O. The summed E-state index contributed by atoms with van der Waals surface area (Å²) in [4.78, 5) is 0. The second-order valence-electron chi connectivity index (χ2n) is 7.57. The van der Waals surface area contributed by atoms with Gasteiger partial charge in [-0.1, -0.05) is 69.7 Å². The normalized spacial score (nSPS) is 20.1. The number of hydrogen-bond donors (Lipinski definition) is 0. The summed E-state index contributed by atoms with van der Waals surface area (Å²) in [6.45, 7) is 3.15. The molecule has 1 saturated carbocycles. The molecule has 0 unspecified atom stereocenters. The summed E-state index contributed by atoms with van der Waals surface area (Å²) in [6.07, 6.45) is 13.4. The highest BCUT2D eigenvalue weighted by Gasteiger charge is 2.22. The van der Waals surface area contributed by atoms with Gasteiger partial charge in [-0.2, -0.15) is 8.78 Å². The first-order valence-electron chi connectivity index (χ1n) is 10.4. The third-order valence-electron chi connectivity index (χ3n) is 5.46. The highest BCUT2D eigenvalue weighted by Crippen LogP contribution is 2.34. The lowest BCUT2D eigenvalue weighted by Gasteiger charge is -2.29. The van der Waals surface area contributed by atoms with Gasteiger partial charge >= 0.3 is 0 Å². The van der Waals surface area contributed by atoms with E-state index in [1.165, 1.54) is 50.5 Å². The van der Waals surface area contributed by atoms with Crippen molar-refractivity contribution >= 4 is 6.08 Å². The molecule has 0 radical (unpaired) electrons. The van der Waals surface area contributed by atoms with Gasteiger partial charge in [0, 0.05) is 12.7 Å². The van der Waals surface area contributed by atoms with Crippen molar-refractivity contribution in [1.82, 2.24) is 0 Å². The maximum atomic E-state index is 12.3. The first kappa shape index (κ1) is 21.1. The molecule has 3 heteroatoms. The Balaban J connectivity index is 1.59. The Hall–Kier alpha value is -1.22. The van der Waals surface area contributed by atoms with Crippen LogP contribution in [-0.4, -0.2) is 12.7 Å². The van der Waals surface area contributed by atoms with E-state index in [0.717, 1.165) is 38.4 Å². The summed E-state index contributed by atoms with van der Waals surface area (Å²) in [5.74, 6) is 0.543. The van der Waals surface area contributed by atoms with Crippen LogP contribution in [0.3, 0.4) is 0 Å². The van der Waals surface area contributed by atoms with Crippen LogP contribution in [0.4, 0.5) is 8.78 Å². The molecule has 0 aliphatic heterocycles. The van der Waals surface area contributed by atoms with E-state index >= 15 is 0 Å². The van der Waals surface area contributed by atoms with Gasteiger partial charge < -0.3 is 4.74 Å². The highest BCUT2D eigenvalue weighted by molar-refractivity contribution is 5.50. The summed E-state index contributed by atoms with van der Waals surface area (Å²) in [5, 5.41) is 0. The molecule has 1 nitrogen and oxygen atoms in total. The Morgan fingerprint density at radius 2 is 1.54 bits per heavy atom. The van der Waals surface area contributed by atoms with Crippen molar-refractivity contribution in [2.75, 3.05) is 6.61 Å². The maximum absolute atomic E-state index is 12.3. The number of halogens is 2. The number of hydrogen-bond acceptors (Lipinski definition) is 1. The SMILES string of the molecule is CCCCCCCCCO[C@H]1CC[C@H](c2ccc(C=C(F)F)cc2)CC1. The van der Waals surface area contributed by atoms with Gasteiger partial charge in [0.05, 0.1) is 6.10 Å². The fraction of sp³-hybridized carbons (Fsp3) is 0.652. The molecule has 0 atom stereocenters. The van der Waals surface area contributed by atoms with Gasteiger partial charge in [-0.25, -0.2) is 0 Å². The lowest BCUT2D eigenvalue weighted by molar-refractivity contribution is 0.0226. The molecule has 1 aliphatic rings. The van der Waals surface area contributed by atoms with Crippen molar-refractivity contribution in [2.45, 2.75) is 89.6 Å². The Morgan fingerprint density at radius 1 is 0.923 bits per heavy atom. The molecule has 1 fully saturated rings. The number of rotatable bonds is 11. The molecule has 0 amide bonds. The van der Waals surface area contributed by atoms with E-state index in [1.54, 1.807) is 12.1 Å². The smallest absolute Gasteiger partial charge is 0.270 e. The summed E-state index contributed by atoms with van der Waals surface area (Å²) in [5.41, 5.74) is 1.84. The van der Waals surface area contributed by atoms with Gasteiger partial charge in [0.1, 0.15) is 0 Å². The van der Waals surface area contributed by atoms with Crippen molar-refractivity contribution in [3.05, 3.63) is 41.5 Å². The molecule has 1 aromatic rings. The third-order valence-corrected chi connectivity index (χ3v) is 5.46. The molecular weight excluding hydrogens is 330 g/mol. The zero-order chi connectivity index (χ0) is 18.6. The zero-order valence-electron chi connectivity index (χ0n) is 16.2. The second-order valence-corrected chi connectivity index (χ2v) is 7.57. The van der Waals surface area contributed by atoms with Crippen LogP contribution in [0.2, 0.25) is 0 Å². The minimum absolute atomic E-state index is 0.411. The van der Waals surface area contributed by atoms with Crippen LogP contribution in [0.15, 0.2) is 30.3 Å². The molecule has 0 heterocycles. The summed E-state index contributed by atoms with van der Waals surface area (Å²) in [7, 11) is 0. The summed E-state index contributed by atoms with van der Waals surface area (Å²) >= 11 is 0. The lowest BCUT2D eigenvalue weighted by Crippen LogP contribution is -2.21. The first-order valence-corrected chi connectivity index (χ1v) is 10.4. The van der Waals surface area contributed by atoms with E-state index in [4.69, 9.17) is 4.74 Å². The van der Waals surface area contributed by atoms with Crippen LogP contribution >= 0.6 is 0 Å². The number of ether oxygens (including phenoxy) is 1. The average Bonchev–Trinajstić information content (AvgIpc) is 2.65. The van der Waals surface area contributed by atoms with Crippen molar-refractivity contribution in [2.24, 2.45) is 0 Å². The molecule has 1 aliphatic carbocycles. The van der Waals surface area contributed by atoms with Gasteiger partial charge in [0.25, 0.3) is 6.08 Å². The van der Waals surface area contributed by atoms with E-state index in [0.29, 0.717) is 17.6 Å². The van der Waals surface area contributed by atoms with Gasteiger partial charge in [-0.15, -0.1) is 0 Å². The Morgan fingerprint density at radius 3 is 2.15 bits per heavy atom. The topological polar surface area (TPSA) is 9.23 Å². The van der Waals surface area contributed by atoms with Crippen LogP contribution < -0.4 is 0 Å². The number of unbranched alkanes of at least 4 members (excludes halogenated alkanes) is 6. The van der Waals surface area contributed by atoms with Crippen molar-refractivity contribution in [3.63, 3.8) is 0 Å². The predicted molar refractivity (Wildman–Crippen MR) is 106 cm³/mol. The number of benzene rings is 1. The van der Waals surface area contributed by atoms with Gasteiger partial charge in [0.15, 0.2) is 0 Å². The van der Waals surface area contributed by atoms with E-state index in [1.807, 2.05) is 12.1 Å². The second kappa shape index (κ2) is 12.2. The van der Waals surface area contributed by atoms with Gasteiger partial charge in [-0.3, -0.25) is 0 Å². The predicted octanol–water partition coefficient (Wildman–Crippen LogP) is 7.72. The summed E-state index contributed by atoms with van der Waals surface area (Å²) in [6, 6.07) is 7.58. The molecule has 0 spiro atoms. The minimum Gasteiger partial charge on any atom is -0.378 e. The van der Waals surface area contributed by atoms with Crippen molar-refractivity contribution in [1.29, 1.82) is 0 Å². The molecule has 0 N–H and O–H groups in total. The Kier molecular flexibility index (Phi) is 9.91. The quantitative estimate of drug-likeness (QED) is 0.365. The minimum atomic E-state index is -1.64. The van der Waals surface area contributed by atoms with Crippen LogP contribution in [0.5, 0.6) is 0 Å². The highest BCUT2D eigenvalue weighted by atomic mass is 19.3. The van der Waals surface area contributed by atoms with Crippen LogP contribution in [0.25, 0.3) is 6.08 Å². The Bertz CT molecular complexity index is 512. The Labute approximate surface area is 157 Å². The molecule has 0 aromatic heterocycles. The van der Waals surface area contributed by atoms with Gasteiger partial charge in [-0.05, 0) is 49.1 Å². The molecule has 26 heavy (non-hydrogen) atoms. The van der Waals surface area contributed by atoms with E-state index in [-0.39, 0.29) is 0 Å². The monoisotopic (exact) mass is 364 g/mol. The van der Waals surface area contributed by atoms with Crippen LogP contribution in [0.1, 0.15) is 94.6 Å². The fourth-order valence-corrected chi connectivity index (χ4v) is 3.86. The van der Waals surface area contributed by atoms with E-state index < -0.39 is 6.08 Å². The molecule has 0 bridgehead atoms. The van der Waals surface area contributed by atoms with Crippen LogP contribution in [-0.2, 0) is 4.74 Å². The first-order chi connectivity index (χ1) is 12.7. The van der Waals surface area contributed by atoms with Crippen molar-refractivity contribution < 1.29 is 13.5 Å². The zero-order valence-corrected chi connectivity index (χ0v) is 16.2. The van der Waals surface area contributed by atoms with Gasteiger partial charge in [0.2, 0.25) is 0 Å². The average molecular weight is 365 g/mol. The maximum Gasteiger partial charge on any atom is 0.270 e. The fourth-order valence-electron chi connectivity index (χ4n) is 3.86. The van der Waals surface area contributed by atoms with E-state index in [2.05, 4.69) is 6.92 Å².